The van der Waals surface area contributed by atoms with Gasteiger partial charge in [0.05, 0.1) is 11.9 Å². The van der Waals surface area contributed by atoms with Crippen LogP contribution in [0.2, 0.25) is 0 Å². The zero-order valence-corrected chi connectivity index (χ0v) is 10.8. The van der Waals surface area contributed by atoms with Crippen LogP contribution in [0.4, 0.5) is 0 Å². The Kier molecular flexibility index (Phi) is 4.06. The van der Waals surface area contributed by atoms with E-state index in [2.05, 4.69) is 15.4 Å². The lowest BCUT2D eigenvalue weighted by atomic mass is 10.2. The molecule has 6 nitrogen and oxygen atoms in total. The molecule has 0 aliphatic carbocycles. The van der Waals surface area contributed by atoms with E-state index in [0.717, 1.165) is 30.0 Å². The summed E-state index contributed by atoms with van der Waals surface area (Å²) in [6.07, 6.45) is 4.71. The molecule has 2 rings (SSSR count). The van der Waals surface area contributed by atoms with Crippen LogP contribution in [-0.2, 0) is 20.0 Å². The average molecular weight is 266 g/mol. The second-order valence-electron chi connectivity index (χ2n) is 3.90. The number of hydrogen-bond donors (Lipinski definition) is 2. The summed E-state index contributed by atoms with van der Waals surface area (Å²) < 4.78 is 1.77. The SMILES string of the molecule is Cn1cc(CCNCc2csc(C(=O)O)n2)cn1. The molecule has 0 unspecified atom stereocenters. The molecule has 0 bridgehead atoms. The van der Waals surface area contributed by atoms with Crippen molar-refractivity contribution in [2.24, 2.45) is 7.05 Å². The third-order valence-electron chi connectivity index (χ3n) is 2.39. The lowest BCUT2D eigenvalue weighted by Crippen LogP contribution is -2.16. The number of aromatic nitrogens is 3. The predicted octanol–water partition coefficient (Wildman–Crippen LogP) is 0.907. The average Bonchev–Trinajstić information content (AvgIpc) is 2.93. The maximum Gasteiger partial charge on any atom is 0.365 e. The van der Waals surface area contributed by atoms with Gasteiger partial charge in [0, 0.05) is 25.2 Å². The van der Waals surface area contributed by atoms with Gasteiger partial charge in [0.1, 0.15) is 0 Å². The fourth-order valence-electron chi connectivity index (χ4n) is 1.54. The molecule has 0 saturated carbocycles. The van der Waals surface area contributed by atoms with E-state index in [-0.39, 0.29) is 5.01 Å². The van der Waals surface area contributed by atoms with Crippen LogP contribution >= 0.6 is 11.3 Å². The Morgan fingerprint density at radius 2 is 2.44 bits per heavy atom. The summed E-state index contributed by atoms with van der Waals surface area (Å²) in [7, 11) is 1.89. The van der Waals surface area contributed by atoms with Gasteiger partial charge >= 0.3 is 5.97 Å². The minimum atomic E-state index is -0.971. The highest BCUT2D eigenvalue weighted by Gasteiger charge is 2.08. The normalized spacial score (nSPS) is 10.7. The topological polar surface area (TPSA) is 80.0 Å². The van der Waals surface area contributed by atoms with E-state index in [0.29, 0.717) is 6.54 Å². The van der Waals surface area contributed by atoms with Gasteiger partial charge in [0.2, 0.25) is 5.01 Å². The third-order valence-corrected chi connectivity index (χ3v) is 3.27. The molecule has 0 amide bonds. The van der Waals surface area contributed by atoms with Crippen molar-refractivity contribution < 1.29 is 9.90 Å². The van der Waals surface area contributed by atoms with Gasteiger partial charge < -0.3 is 10.4 Å². The Morgan fingerprint density at radius 1 is 1.61 bits per heavy atom. The fraction of sp³-hybridized carbons (Fsp3) is 0.364. The molecular weight excluding hydrogens is 252 g/mol. The molecule has 0 radical (unpaired) electrons. The lowest BCUT2D eigenvalue weighted by molar-refractivity contribution is 0.0696. The molecule has 96 valence electrons. The first-order valence-corrected chi connectivity index (χ1v) is 6.39. The number of aromatic carboxylic acids is 1. The number of nitrogens with zero attached hydrogens (tertiary/aromatic N) is 3. The fourth-order valence-corrected chi connectivity index (χ4v) is 2.19. The Morgan fingerprint density at radius 3 is 3.06 bits per heavy atom. The van der Waals surface area contributed by atoms with Crippen LogP contribution in [0.5, 0.6) is 0 Å². The third kappa shape index (κ3) is 3.38. The number of aryl methyl sites for hydroxylation is 1. The van der Waals surface area contributed by atoms with Gasteiger partial charge in [-0.25, -0.2) is 9.78 Å². The number of rotatable bonds is 6. The quantitative estimate of drug-likeness (QED) is 0.760. The molecule has 2 aromatic rings. The summed E-state index contributed by atoms with van der Waals surface area (Å²) in [6.45, 7) is 1.40. The molecule has 0 fully saturated rings. The number of thiazole rings is 1. The van der Waals surface area contributed by atoms with Crippen molar-refractivity contribution in [2.45, 2.75) is 13.0 Å². The first kappa shape index (κ1) is 12.7. The molecule has 0 aliphatic heterocycles. The van der Waals surface area contributed by atoms with Gasteiger partial charge in [-0.15, -0.1) is 11.3 Å². The second-order valence-corrected chi connectivity index (χ2v) is 4.76. The maximum absolute atomic E-state index is 10.6. The van der Waals surface area contributed by atoms with Crippen LogP contribution in [-0.4, -0.2) is 32.4 Å². The largest absolute Gasteiger partial charge is 0.476 e. The van der Waals surface area contributed by atoms with Crippen molar-refractivity contribution in [1.82, 2.24) is 20.1 Å². The van der Waals surface area contributed by atoms with Gasteiger partial charge in [0.25, 0.3) is 0 Å². The molecular formula is C11H14N4O2S. The number of carbonyl (C=O) groups is 1. The molecule has 7 heteroatoms. The molecule has 0 atom stereocenters. The van der Waals surface area contributed by atoms with Crippen LogP contribution in [0.15, 0.2) is 17.8 Å². The standard InChI is InChI=1S/C11H14N4O2S/c1-15-6-8(4-13-15)2-3-12-5-9-7-18-10(14-9)11(16)17/h4,6-7,12H,2-3,5H2,1H3,(H,16,17). The van der Waals surface area contributed by atoms with Crippen LogP contribution in [0.1, 0.15) is 21.1 Å². The molecule has 2 heterocycles. The van der Waals surface area contributed by atoms with E-state index in [1.807, 2.05) is 19.4 Å². The Bertz CT molecular complexity index is 535. The monoisotopic (exact) mass is 266 g/mol. The Hall–Kier alpha value is -1.73. The van der Waals surface area contributed by atoms with Gasteiger partial charge in [-0.3, -0.25) is 4.68 Å². The zero-order chi connectivity index (χ0) is 13.0. The molecule has 18 heavy (non-hydrogen) atoms. The van der Waals surface area contributed by atoms with Crippen LogP contribution in [0, 0.1) is 0 Å². The van der Waals surface area contributed by atoms with E-state index in [4.69, 9.17) is 5.11 Å². The van der Waals surface area contributed by atoms with E-state index >= 15 is 0 Å². The minimum absolute atomic E-state index is 0.138. The van der Waals surface area contributed by atoms with Crippen molar-refractivity contribution in [2.75, 3.05) is 6.54 Å². The van der Waals surface area contributed by atoms with E-state index in [1.165, 1.54) is 5.56 Å². The minimum Gasteiger partial charge on any atom is -0.476 e. The molecule has 0 saturated heterocycles. The van der Waals surface area contributed by atoms with Crippen LogP contribution in [0.3, 0.4) is 0 Å². The first-order chi connectivity index (χ1) is 8.65. The number of carboxylic acid groups (broad SMARTS) is 1. The van der Waals surface area contributed by atoms with Gasteiger partial charge in [-0.1, -0.05) is 0 Å². The van der Waals surface area contributed by atoms with E-state index in [9.17, 15) is 4.79 Å². The van der Waals surface area contributed by atoms with Crippen molar-refractivity contribution in [3.63, 3.8) is 0 Å². The summed E-state index contributed by atoms with van der Waals surface area (Å²) >= 11 is 1.15. The highest BCUT2D eigenvalue weighted by atomic mass is 32.1. The Labute approximate surface area is 108 Å². The highest BCUT2D eigenvalue weighted by molar-refractivity contribution is 7.11. The molecule has 2 aromatic heterocycles. The molecule has 0 spiro atoms. The smallest absolute Gasteiger partial charge is 0.365 e. The summed E-state index contributed by atoms with van der Waals surface area (Å²) in [5.41, 5.74) is 1.94. The summed E-state index contributed by atoms with van der Waals surface area (Å²) in [5, 5.41) is 18.0. The van der Waals surface area contributed by atoms with Crippen molar-refractivity contribution in [1.29, 1.82) is 0 Å². The number of hydrogen-bond acceptors (Lipinski definition) is 5. The van der Waals surface area contributed by atoms with Crippen LogP contribution in [0.25, 0.3) is 0 Å². The summed E-state index contributed by atoms with van der Waals surface area (Å²) in [4.78, 5) is 14.6. The van der Waals surface area contributed by atoms with Gasteiger partial charge in [-0.05, 0) is 18.5 Å². The Balaban J connectivity index is 1.73. The molecule has 0 aliphatic rings. The van der Waals surface area contributed by atoms with Gasteiger partial charge in [0.15, 0.2) is 0 Å². The van der Waals surface area contributed by atoms with Crippen molar-refractivity contribution in [3.8, 4) is 0 Å². The van der Waals surface area contributed by atoms with E-state index in [1.54, 1.807) is 10.1 Å². The van der Waals surface area contributed by atoms with Crippen LogP contribution < -0.4 is 5.32 Å². The number of nitrogens with one attached hydrogen (secondary N) is 1. The second kappa shape index (κ2) is 5.74. The lowest BCUT2D eigenvalue weighted by Gasteiger charge is -2.00. The number of carboxylic acids is 1. The molecule has 0 aromatic carbocycles. The first-order valence-electron chi connectivity index (χ1n) is 5.51. The van der Waals surface area contributed by atoms with Crippen molar-refractivity contribution >= 4 is 17.3 Å². The zero-order valence-electron chi connectivity index (χ0n) is 9.96. The summed E-state index contributed by atoms with van der Waals surface area (Å²) in [6, 6.07) is 0. The van der Waals surface area contributed by atoms with E-state index < -0.39 is 5.97 Å². The highest BCUT2D eigenvalue weighted by Crippen LogP contribution is 2.09. The van der Waals surface area contributed by atoms with Crippen molar-refractivity contribution in [3.05, 3.63) is 34.0 Å². The van der Waals surface area contributed by atoms with Gasteiger partial charge in [-0.2, -0.15) is 5.10 Å². The predicted molar refractivity (Wildman–Crippen MR) is 67.7 cm³/mol. The molecule has 2 N–H and O–H groups in total. The summed E-state index contributed by atoms with van der Waals surface area (Å²) in [5.74, 6) is -0.971. The maximum atomic E-state index is 10.6.